The minimum atomic E-state index is 0.0812. The molecule has 2 rings (SSSR count). The van der Waals surface area contributed by atoms with E-state index in [0.717, 1.165) is 15.9 Å². The van der Waals surface area contributed by atoms with Crippen molar-refractivity contribution in [2.75, 3.05) is 5.32 Å². The summed E-state index contributed by atoms with van der Waals surface area (Å²) in [6.45, 7) is 2.03. The van der Waals surface area contributed by atoms with Crippen LogP contribution in [0.4, 0.5) is 5.82 Å². The molecule has 0 radical (unpaired) electrons. The number of aromatic nitrogens is 1. The van der Waals surface area contributed by atoms with E-state index in [9.17, 15) is 0 Å². The molecule has 0 aliphatic heterocycles. The summed E-state index contributed by atoms with van der Waals surface area (Å²) in [6.07, 6.45) is 1.60. The first-order valence-electron chi connectivity index (χ1n) is 5.68. The van der Waals surface area contributed by atoms with Crippen LogP contribution in [0.2, 0.25) is 5.02 Å². The number of pyridine rings is 1. The van der Waals surface area contributed by atoms with Gasteiger partial charge in [-0.2, -0.15) is 5.26 Å². The smallest absolute Gasteiger partial charge is 0.140 e. The molecule has 0 amide bonds. The van der Waals surface area contributed by atoms with Gasteiger partial charge in [-0.05, 0) is 46.6 Å². The summed E-state index contributed by atoms with van der Waals surface area (Å²) in [6, 6.07) is 11.4. The second-order valence-electron chi connectivity index (χ2n) is 4.08. The zero-order valence-electron chi connectivity index (χ0n) is 10.2. The molecule has 5 heteroatoms. The van der Waals surface area contributed by atoms with Gasteiger partial charge in [0.2, 0.25) is 0 Å². The van der Waals surface area contributed by atoms with Crippen LogP contribution >= 0.6 is 27.5 Å². The van der Waals surface area contributed by atoms with E-state index in [2.05, 4.69) is 32.3 Å². The Kier molecular flexibility index (Phi) is 4.41. The van der Waals surface area contributed by atoms with Crippen LogP contribution in [0.1, 0.15) is 24.1 Å². The van der Waals surface area contributed by atoms with Crippen molar-refractivity contribution in [3.8, 4) is 6.07 Å². The zero-order valence-corrected chi connectivity index (χ0v) is 12.5. The molecule has 0 aliphatic carbocycles. The monoisotopic (exact) mass is 335 g/mol. The molecule has 0 saturated heterocycles. The van der Waals surface area contributed by atoms with Gasteiger partial charge in [0.1, 0.15) is 5.82 Å². The van der Waals surface area contributed by atoms with E-state index in [-0.39, 0.29) is 6.04 Å². The standard InChI is InChI=1S/C14H11BrClN3/c1-9(11-4-2-10(7-17)3-5-11)19-14-13(15)6-12(16)8-18-14/h2-6,8-9H,1H3,(H,18,19). The Bertz CT molecular complexity index is 620. The van der Waals surface area contributed by atoms with Gasteiger partial charge in [0.25, 0.3) is 0 Å². The molecular formula is C14H11BrClN3. The third-order valence-electron chi connectivity index (χ3n) is 2.70. The Morgan fingerprint density at radius 1 is 1.37 bits per heavy atom. The quantitative estimate of drug-likeness (QED) is 0.895. The second kappa shape index (κ2) is 6.05. The Morgan fingerprint density at radius 3 is 2.63 bits per heavy atom. The lowest BCUT2D eigenvalue weighted by Crippen LogP contribution is -2.08. The van der Waals surface area contributed by atoms with Crippen LogP contribution < -0.4 is 5.32 Å². The van der Waals surface area contributed by atoms with Gasteiger partial charge >= 0.3 is 0 Å². The third-order valence-corrected chi connectivity index (χ3v) is 3.51. The van der Waals surface area contributed by atoms with Crippen molar-refractivity contribution in [1.29, 1.82) is 5.26 Å². The topological polar surface area (TPSA) is 48.7 Å². The first-order chi connectivity index (χ1) is 9.10. The second-order valence-corrected chi connectivity index (χ2v) is 5.37. The molecule has 1 N–H and O–H groups in total. The van der Waals surface area contributed by atoms with E-state index in [0.29, 0.717) is 10.6 Å². The van der Waals surface area contributed by atoms with E-state index in [1.165, 1.54) is 0 Å². The van der Waals surface area contributed by atoms with E-state index in [4.69, 9.17) is 16.9 Å². The van der Waals surface area contributed by atoms with Crippen molar-refractivity contribution >= 4 is 33.3 Å². The van der Waals surface area contributed by atoms with Crippen LogP contribution in [0.15, 0.2) is 41.0 Å². The maximum atomic E-state index is 8.77. The zero-order chi connectivity index (χ0) is 13.8. The lowest BCUT2D eigenvalue weighted by Gasteiger charge is -2.16. The van der Waals surface area contributed by atoms with Crippen LogP contribution in [-0.4, -0.2) is 4.98 Å². The average Bonchev–Trinajstić information content (AvgIpc) is 2.42. The van der Waals surface area contributed by atoms with Crippen molar-refractivity contribution < 1.29 is 0 Å². The Balaban J connectivity index is 2.16. The molecule has 1 aromatic carbocycles. The minimum absolute atomic E-state index is 0.0812. The van der Waals surface area contributed by atoms with Gasteiger partial charge in [-0.25, -0.2) is 4.98 Å². The molecule has 1 unspecified atom stereocenters. The summed E-state index contributed by atoms with van der Waals surface area (Å²) < 4.78 is 0.820. The maximum Gasteiger partial charge on any atom is 0.140 e. The van der Waals surface area contributed by atoms with Gasteiger partial charge in [-0.15, -0.1) is 0 Å². The van der Waals surface area contributed by atoms with Gasteiger partial charge in [0, 0.05) is 12.2 Å². The summed E-state index contributed by atoms with van der Waals surface area (Å²) in [5.74, 6) is 0.737. The molecule has 96 valence electrons. The summed E-state index contributed by atoms with van der Waals surface area (Å²) in [5.41, 5.74) is 1.74. The fraction of sp³-hybridized carbons (Fsp3) is 0.143. The molecule has 3 nitrogen and oxygen atoms in total. The first-order valence-corrected chi connectivity index (χ1v) is 6.85. The lowest BCUT2D eigenvalue weighted by molar-refractivity contribution is 0.873. The van der Waals surface area contributed by atoms with Crippen LogP contribution in [0, 0.1) is 11.3 Å². The van der Waals surface area contributed by atoms with Crippen molar-refractivity contribution in [3.05, 3.63) is 57.2 Å². The minimum Gasteiger partial charge on any atom is -0.363 e. The Hall–Kier alpha value is -1.57. The highest BCUT2D eigenvalue weighted by Gasteiger charge is 2.09. The molecular weight excluding hydrogens is 326 g/mol. The molecule has 2 aromatic rings. The number of hydrogen-bond acceptors (Lipinski definition) is 3. The fourth-order valence-electron chi connectivity index (χ4n) is 1.66. The van der Waals surface area contributed by atoms with Gasteiger partial charge < -0.3 is 5.32 Å². The first kappa shape index (κ1) is 13.9. The highest BCUT2D eigenvalue weighted by atomic mass is 79.9. The summed E-state index contributed by atoms with van der Waals surface area (Å²) in [7, 11) is 0. The molecule has 0 spiro atoms. The molecule has 1 aromatic heterocycles. The Labute approximate surface area is 125 Å². The number of nitriles is 1. The Morgan fingerprint density at radius 2 is 2.05 bits per heavy atom. The highest BCUT2D eigenvalue weighted by molar-refractivity contribution is 9.10. The molecule has 19 heavy (non-hydrogen) atoms. The normalized spacial score (nSPS) is 11.7. The van der Waals surface area contributed by atoms with Crippen molar-refractivity contribution in [1.82, 2.24) is 4.98 Å². The number of anilines is 1. The van der Waals surface area contributed by atoms with Crippen LogP contribution in [0.25, 0.3) is 0 Å². The molecule has 0 aliphatic rings. The molecule has 0 saturated carbocycles. The number of halogens is 2. The largest absolute Gasteiger partial charge is 0.363 e. The number of nitrogens with zero attached hydrogens (tertiary/aromatic N) is 2. The fourth-order valence-corrected chi connectivity index (χ4v) is 2.41. The maximum absolute atomic E-state index is 8.77. The number of rotatable bonds is 3. The van der Waals surface area contributed by atoms with E-state index in [1.54, 1.807) is 24.4 Å². The predicted molar refractivity (Wildman–Crippen MR) is 80.1 cm³/mol. The van der Waals surface area contributed by atoms with Crippen LogP contribution in [0.3, 0.4) is 0 Å². The van der Waals surface area contributed by atoms with Gasteiger partial charge in [-0.3, -0.25) is 0 Å². The summed E-state index contributed by atoms with van der Waals surface area (Å²) >= 11 is 9.27. The highest BCUT2D eigenvalue weighted by Crippen LogP contribution is 2.26. The molecule has 1 heterocycles. The molecule has 1 atom stereocenters. The van der Waals surface area contributed by atoms with Gasteiger partial charge in [-0.1, -0.05) is 23.7 Å². The van der Waals surface area contributed by atoms with Crippen LogP contribution in [0.5, 0.6) is 0 Å². The average molecular weight is 337 g/mol. The third kappa shape index (κ3) is 3.46. The number of nitrogens with one attached hydrogen (secondary N) is 1. The van der Waals surface area contributed by atoms with Crippen molar-refractivity contribution in [2.45, 2.75) is 13.0 Å². The summed E-state index contributed by atoms with van der Waals surface area (Å²) in [4.78, 5) is 4.23. The van der Waals surface area contributed by atoms with E-state index >= 15 is 0 Å². The summed E-state index contributed by atoms with van der Waals surface area (Å²) in [5, 5.41) is 12.6. The van der Waals surface area contributed by atoms with E-state index < -0.39 is 0 Å². The number of benzene rings is 1. The van der Waals surface area contributed by atoms with Gasteiger partial charge in [0.15, 0.2) is 0 Å². The SMILES string of the molecule is CC(Nc1ncc(Cl)cc1Br)c1ccc(C#N)cc1. The van der Waals surface area contributed by atoms with E-state index in [1.807, 2.05) is 19.1 Å². The van der Waals surface area contributed by atoms with Crippen molar-refractivity contribution in [3.63, 3.8) is 0 Å². The lowest BCUT2D eigenvalue weighted by atomic mass is 10.1. The van der Waals surface area contributed by atoms with Crippen LogP contribution in [-0.2, 0) is 0 Å². The van der Waals surface area contributed by atoms with Gasteiger partial charge in [0.05, 0.1) is 21.1 Å². The van der Waals surface area contributed by atoms with Crippen molar-refractivity contribution in [2.24, 2.45) is 0 Å². The predicted octanol–water partition coefficient (Wildman–Crippen LogP) is 4.54. The molecule has 0 bridgehead atoms. The molecule has 0 fully saturated rings. The number of hydrogen-bond donors (Lipinski definition) is 1.